The third-order valence-corrected chi connectivity index (χ3v) is 4.24. The summed E-state index contributed by atoms with van der Waals surface area (Å²) in [4.78, 5) is 12.4. The van der Waals surface area contributed by atoms with Gasteiger partial charge in [-0.25, -0.2) is 0 Å². The Balaban J connectivity index is 1.69. The lowest BCUT2D eigenvalue weighted by molar-refractivity contribution is -0.115. The third-order valence-electron chi connectivity index (χ3n) is 4.24. The Morgan fingerprint density at radius 2 is 1.48 bits per heavy atom. The topological polar surface area (TPSA) is 92.1 Å². The molecule has 0 spiro atoms. The lowest BCUT2D eigenvalue weighted by Gasteiger charge is -2.10. The third kappa shape index (κ3) is 4.60. The second kappa shape index (κ2) is 9.01. The Labute approximate surface area is 168 Å². The van der Waals surface area contributed by atoms with Gasteiger partial charge < -0.3 is 28.8 Å². The van der Waals surface area contributed by atoms with E-state index >= 15 is 0 Å². The molecule has 0 fully saturated rings. The number of benzene rings is 2. The quantitative estimate of drug-likeness (QED) is 0.620. The monoisotopic (exact) mass is 398 g/mol. The average Bonchev–Trinajstić information content (AvgIpc) is 3.21. The van der Waals surface area contributed by atoms with E-state index < -0.39 is 0 Å². The van der Waals surface area contributed by atoms with E-state index in [9.17, 15) is 4.79 Å². The fraction of sp³-hybridized carbons (Fsp3) is 0.238. The molecule has 0 saturated carbocycles. The SMILES string of the molecule is COc1ccc(NC(=O)Cc2cc(-c3ccc(OC)c(OC)c3)on2)cc1OC. The molecule has 1 amide bonds. The van der Waals surface area contributed by atoms with Crippen molar-refractivity contribution in [1.29, 1.82) is 0 Å². The largest absolute Gasteiger partial charge is 0.493 e. The number of carbonyl (C=O) groups is 1. The summed E-state index contributed by atoms with van der Waals surface area (Å²) in [6.07, 6.45) is 0.0606. The van der Waals surface area contributed by atoms with Crippen molar-refractivity contribution in [2.45, 2.75) is 6.42 Å². The van der Waals surface area contributed by atoms with Crippen LogP contribution in [0.4, 0.5) is 5.69 Å². The molecule has 0 atom stereocenters. The number of methoxy groups -OCH3 is 4. The van der Waals surface area contributed by atoms with Crippen LogP contribution in [0.3, 0.4) is 0 Å². The molecule has 0 saturated heterocycles. The highest BCUT2D eigenvalue weighted by atomic mass is 16.5. The fourth-order valence-electron chi connectivity index (χ4n) is 2.80. The molecule has 1 heterocycles. The predicted molar refractivity (Wildman–Crippen MR) is 107 cm³/mol. The van der Waals surface area contributed by atoms with Crippen LogP contribution in [0.15, 0.2) is 47.0 Å². The fourth-order valence-corrected chi connectivity index (χ4v) is 2.80. The first-order chi connectivity index (χ1) is 14.1. The van der Waals surface area contributed by atoms with Crippen molar-refractivity contribution in [2.75, 3.05) is 33.8 Å². The molecule has 8 nitrogen and oxygen atoms in total. The molecule has 8 heteroatoms. The number of carbonyl (C=O) groups excluding carboxylic acids is 1. The van der Waals surface area contributed by atoms with E-state index in [-0.39, 0.29) is 12.3 Å². The number of ether oxygens (including phenoxy) is 4. The van der Waals surface area contributed by atoms with Crippen LogP contribution in [0.2, 0.25) is 0 Å². The van der Waals surface area contributed by atoms with Gasteiger partial charge in [-0.3, -0.25) is 4.79 Å². The van der Waals surface area contributed by atoms with Crippen molar-refractivity contribution in [2.24, 2.45) is 0 Å². The molecule has 29 heavy (non-hydrogen) atoms. The van der Waals surface area contributed by atoms with Crippen LogP contribution in [-0.2, 0) is 11.2 Å². The first kappa shape index (κ1) is 20.1. The van der Waals surface area contributed by atoms with Gasteiger partial charge in [0.1, 0.15) is 0 Å². The van der Waals surface area contributed by atoms with E-state index in [0.29, 0.717) is 40.1 Å². The Bertz CT molecular complexity index is 999. The molecule has 1 aromatic heterocycles. The minimum Gasteiger partial charge on any atom is -0.493 e. The van der Waals surface area contributed by atoms with E-state index in [1.165, 1.54) is 7.11 Å². The van der Waals surface area contributed by atoms with Gasteiger partial charge in [0, 0.05) is 23.4 Å². The maximum atomic E-state index is 12.4. The summed E-state index contributed by atoms with van der Waals surface area (Å²) in [7, 11) is 6.22. The van der Waals surface area contributed by atoms with E-state index in [4.69, 9.17) is 23.5 Å². The maximum Gasteiger partial charge on any atom is 0.230 e. The molecule has 1 N–H and O–H groups in total. The number of hydrogen-bond donors (Lipinski definition) is 1. The second-order valence-corrected chi connectivity index (χ2v) is 6.05. The first-order valence-corrected chi connectivity index (χ1v) is 8.77. The Kier molecular flexibility index (Phi) is 6.23. The summed E-state index contributed by atoms with van der Waals surface area (Å²) in [5.41, 5.74) is 1.87. The molecule has 152 valence electrons. The zero-order chi connectivity index (χ0) is 20.8. The smallest absolute Gasteiger partial charge is 0.230 e. The summed E-state index contributed by atoms with van der Waals surface area (Å²) in [6.45, 7) is 0. The second-order valence-electron chi connectivity index (χ2n) is 6.05. The lowest BCUT2D eigenvalue weighted by atomic mass is 10.1. The Hall–Kier alpha value is -3.68. The molecular formula is C21H22N2O6. The zero-order valence-electron chi connectivity index (χ0n) is 16.6. The van der Waals surface area contributed by atoms with Gasteiger partial charge in [0.25, 0.3) is 0 Å². The highest BCUT2D eigenvalue weighted by molar-refractivity contribution is 5.92. The molecule has 0 radical (unpaired) electrons. The summed E-state index contributed by atoms with van der Waals surface area (Å²) < 4.78 is 26.3. The first-order valence-electron chi connectivity index (χ1n) is 8.77. The van der Waals surface area contributed by atoms with E-state index in [1.807, 2.05) is 6.07 Å². The maximum absolute atomic E-state index is 12.4. The molecule has 3 aromatic rings. The Morgan fingerprint density at radius 1 is 0.862 bits per heavy atom. The molecule has 0 aliphatic rings. The molecule has 3 rings (SSSR count). The van der Waals surface area contributed by atoms with Crippen molar-refractivity contribution < 1.29 is 28.3 Å². The van der Waals surface area contributed by atoms with Gasteiger partial charge in [-0.1, -0.05) is 5.16 Å². The zero-order valence-corrected chi connectivity index (χ0v) is 16.6. The van der Waals surface area contributed by atoms with Gasteiger partial charge in [-0.15, -0.1) is 0 Å². The molecule has 0 aliphatic heterocycles. The van der Waals surface area contributed by atoms with Crippen LogP contribution in [-0.4, -0.2) is 39.5 Å². The number of aromatic nitrogens is 1. The minimum absolute atomic E-state index is 0.0606. The van der Waals surface area contributed by atoms with E-state index in [0.717, 1.165) is 5.56 Å². The van der Waals surface area contributed by atoms with Crippen LogP contribution in [0, 0.1) is 0 Å². The van der Waals surface area contributed by atoms with Crippen molar-refractivity contribution in [1.82, 2.24) is 5.16 Å². The van der Waals surface area contributed by atoms with E-state index in [2.05, 4.69) is 10.5 Å². The van der Waals surface area contributed by atoms with Crippen LogP contribution in [0.1, 0.15) is 5.69 Å². The molecule has 0 bridgehead atoms. The number of hydrogen-bond acceptors (Lipinski definition) is 7. The predicted octanol–water partition coefficient (Wildman–Crippen LogP) is 3.56. The standard InChI is InChI=1S/C21H22N2O6/c1-25-16-7-5-13(9-19(16)27-3)18-11-15(23-29-18)12-21(24)22-14-6-8-17(26-2)20(10-14)28-4/h5-11H,12H2,1-4H3,(H,22,24). The van der Waals surface area contributed by atoms with Gasteiger partial charge >= 0.3 is 0 Å². The van der Waals surface area contributed by atoms with Crippen molar-refractivity contribution in [3.8, 4) is 34.3 Å². The Morgan fingerprint density at radius 3 is 2.14 bits per heavy atom. The van der Waals surface area contributed by atoms with Gasteiger partial charge in [0.15, 0.2) is 28.8 Å². The number of rotatable bonds is 8. The van der Waals surface area contributed by atoms with Gasteiger partial charge in [0.05, 0.1) is 40.6 Å². The minimum atomic E-state index is -0.232. The number of nitrogens with one attached hydrogen (secondary N) is 1. The highest BCUT2D eigenvalue weighted by Gasteiger charge is 2.14. The van der Waals surface area contributed by atoms with Crippen LogP contribution >= 0.6 is 0 Å². The van der Waals surface area contributed by atoms with Crippen LogP contribution in [0.25, 0.3) is 11.3 Å². The molecular weight excluding hydrogens is 376 g/mol. The molecule has 0 unspecified atom stereocenters. The van der Waals surface area contributed by atoms with Gasteiger partial charge in [-0.05, 0) is 30.3 Å². The highest BCUT2D eigenvalue weighted by Crippen LogP contribution is 2.33. The summed E-state index contributed by atoms with van der Waals surface area (Å²) >= 11 is 0. The summed E-state index contributed by atoms with van der Waals surface area (Å²) in [5.74, 6) is 2.60. The number of anilines is 1. The van der Waals surface area contributed by atoms with Gasteiger partial charge in [-0.2, -0.15) is 0 Å². The van der Waals surface area contributed by atoms with Gasteiger partial charge in [0.2, 0.25) is 5.91 Å². The molecule has 0 aliphatic carbocycles. The summed E-state index contributed by atoms with van der Waals surface area (Å²) in [5, 5.41) is 6.79. The average molecular weight is 398 g/mol. The normalized spacial score (nSPS) is 10.3. The lowest BCUT2D eigenvalue weighted by Crippen LogP contribution is -2.14. The van der Waals surface area contributed by atoms with Crippen LogP contribution in [0.5, 0.6) is 23.0 Å². The van der Waals surface area contributed by atoms with Crippen molar-refractivity contribution in [3.63, 3.8) is 0 Å². The summed E-state index contributed by atoms with van der Waals surface area (Å²) in [6, 6.07) is 12.3. The van der Waals surface area contributed by atoms with Crippen molar-refractivity contribution >= 4 is 11.6 Å². The van der Waals surface area contributed by atoms with Crippen LogP contribution < -0.4 is 24.3 Å². The van der Waals surface area contributed by atoms with E-state index in [1.54, 1.807) is 57.7 Å². The molecule has 2 aromatic carbocycles. The number of nitrogens with zero attached hydrogens (tertiary/aromatic N) is 1. The van der Waals surface area contributed by atoms with Crippen molar-refractivity contribution in [3.05, 3.63) is 48.2 Å². The number of amides is 1.